The van der Waals surface area contributed by atoms with E-state index in [1.165, 1.54) is 0 Å². The predicted molar refractivity (Wildman–Crippen MR) is 89.3 cm³/mol. The number of hydrogen-bond acceptors (Lipinski definition) is 6. The molecule has 0 unspecified atom stereocenters. The van der Waals surface area contributed by atoms with Crippen LogP contribution in [-0.4, -0.2) is 35.8 Å². The van der Waals surface area contributed by atoms with E-state index < -0.39 is 0 Å². The summed E-state index contributed by atoms with van der Waals surface area (Å²) < 4.78 is 10.6. The van der Waals surface area contributed by atoms with Gasteiger partial charge in [0.2, 0.25) is 12.7 Å². The number of rotatable bonds is 6. The average molecular weight is 328 g/mol. The van der Waals surface area contributed by atoms with E-state index in [0.29, 0.717) is 23.8 Å². The van der Waals surface area contributed by atoms with Gasteiger partial charge in [-0.05, 0) is 31.5 Å². The Morgan fingerprint density at radius 1 is 1.17 bits per heavy atom. The van der Waals surface area contributed by atoms with Gasteiger partial charge < -0.3 is 19.7 Å². The first-order valence-corrected chi connectivity index (χ1v) is 7.95. The van der Waals surface area contributed by atoms with Crippen LogP contribution in [0.2, 0.25) is 0 Å². The van der Waals surface area contributed by atoms with Crippen molar-refractivity contribution in [2.75, 3.05) is 24.8 Å². The van der Waals surface area contributed by atoms with E-state index >= 15 is 0 Å². The second-order valence-electron chi connectivity index (χ2n) is 5.31. The summed E-state index contributed by atoms with van der Waals surface area (Å²) in [5, 5.41) is 2.85. The fourth-order valence-corrected chi connectivity index (χ4v) is 2.44. The maximum Gasteiger partial charge on any atom is 0.254 e. The third kappa shape index (κ3) is 3.40. The van der Waals surface area contributed by atoms with E-state index in [9.17, 15) is 4.79 Å². The molecule has 0 aliphatic carbocycles. The molecule has 2 aromatic rings. The Hall–Kier alpha value is -2.83. The molecular weight excluding hydrogens is 308 g/mol. The van der Waals surface area contributed by atoms with Gasteiger partial charge in [-0.15, -0.1) is 0 Å². The lowest BCUT2D eigenvalue weighted by Crippen LogP contribution is -2.26. The molecule has 3 rings (SSSR count). The molecule has 0 spiro atoms. The third-order valence-electron chi connectivity index (χ3n) is 3.84. The Labute approximate surface area is 140 Å². The molecule has 7 nitrogen and oxygen atoms in total. The topological polar surface area (TPSA) is 76.6 Å². The maximum absolute atomic E-state index is 12.2. The second-order valence-corrected chi connectivity index (χ2v) is 5.31. The molecule has 1 aromatic heterocycles. The lowest BCUT2D eigenvalue weighted by molar-refractivity contribution is 0.0950. The minimum absolute atomic E-state index is 0.209. The van der Waals surface area contributed by atoms with Crippen LogP contribution in [-0.2, 0) is 6.54 Å². The molecule has 0 bridgehead atoms. The number of fused-ring (bicyclic) bond motifs is 1. The van der Waals surface area contributed by atoms with Gasteiger partial charge in [0.1, 0.15) is 0 Å². The minimum atomic E-state index is -0.209. The quantitative estimate of drug-likeness (QED) is 0.874. The molecule has 7 heteroatoms. The number of amides is 1. The summed E-state index contributed by atoms with van der Waals surface area (Å²) >= 11 is 0. The van der Waals surface area contributed by atoms with Gasteiger partial charge in [-0.1, -0.05) is 6.07 Å². The van der Waals surface area contributed by atoms with Crippen molar-refractivity contribution in [1.82, 2.24) is 15.3 Å². The number of hydrogen-bond donors (Lipinski definition) is 1. The summed E-state index contributed by atoms with van der Waals surface area (Å²) in [6.07, 6.45) is 3.10. The van der Waals surface area contributed by atoms with Gasteiger partial charge in [0, 0.05) is 32.0 Å². The fraction of sp³-hybridized carbons (Fsp3) is 0.353. The summed E-state index contributed by atoms with van der Waals surface area (Å²) in [4.78, 5) is 22.8. The van der Waals surface area contributed by atoms with Crippen LogP contribution in [0.5, 0.6) is 11.5 Å². The van der Waals surface area contributed by atoms with Crippen LogP contribution in [0.4, 0.5) is 5.95 Å². The van der Waals surface area contributed by atoms with Gasteiger partial charge in [0.05, 0.1) is 5.56 Å². The molecule has 0 radical (unpaired) electrons. The SMILES string of the molecule is CCN(CC)c1ncc(C(=O)NCc2ccc3c(c2)OCO3)cn1. The number of ether oxygens (including phenoxy) is 2. The fourth-order valence-electron chi connectivity index (χ4n) is 2.44. The van der Waals surface area contributed by atoms with Gasteiger partial charge in [-0.25, -0.2) is 9.97 Å². The first-order valence-electron chi connectivity index (χ1n) is 7.95. The molecule has 0 fully saturated rings. The molecule has 1 aliphatic heterocycles. The highest BCUT2D eigenvalue weighted by molar-refractivity contribution is 5.93. The Balaban J connectivity index is 1.60. The Kier molecular flexibility index (Phi) is 4.79. The average Bonchev–Trinajstić information content (AvgIpc) is 3.09. The first kappa shape index (κ1) is 16.0. The molecule has 0 saturated carbocycles. The van der Waals surface area contributed by atoms with Crippen molar-refractivity contribution in [1.29, 1.82) is 0 Å². The van der Waals surface area contributed by atoms with E-state index in [2.05, 4.69) is 15.3 Å². The van der Waals surface area contributed by atoms with Crippen molar-refractivity contribution < 1.29 is 14.3 Å². The summed E-state index contributed by atoms with van der Waals surface area (Å²) in [5.74, 6) is 1.85. The van der Waals surface area contributed by atoms with E-state index in [-0.39, 0.29) is 12.7 Å². The van der Waals surface area contributed by atoms with Crippen molar-refractivity contribution in [3.05, 3.63) is 41.7 Å². The van der Waals surface area contributed by atoms with Crippen molar-refractivity contribution in [3.63, 3.8) is 0 Å². The summed E-state index contributed by atoms with van der Waals surface area (Å²) in [5.41, 5.74) is 1.37. The van der Waals surface area contributed by atoms with Gasteiger partial charge in [0.15, 0.2) is 11.5 Å². The monoisotopic (exact) mass is 328 g/mol. The van der Waals surface area contributed by atoms with E-state index in [4.69, 9.17) is 9.47 Å². The minimum Gasteiger partial charge on any atom is -0.454 e. The van der Waals surface area contributed by atoms with Crippen LogP contribution < -0.4 is 19.7 Å². The number of nitrogens with zero attached hydrogens (tertiary/aromatic N) is 3. The molecule has 1 amide bonds. The van der Waals surface area contributed by atoms with Gasteiger partial charge >= 0.3 is 0 Å². The zero-order valence-electron chi connectivity index (χ0n) is 13.8. The van der Waals surface area contributed by atoms with Crippen molar-refractivity contribution in [2.45, 2.75) is 20.4 Å². The second kappa shape index (κ2) is 7.16. The number of carbonyl (C=O) groups excluding carboxylic acids is 1. The smallest absolute Gasteiger partial charge is 0.254 e. The molecule has 1 N–H and O–H groups in total. The normalized spacial score (nSPS) is 12.1. The number of anilines is 1. The zero-order chi connectivity index (χ0) is 16.9. The number of aromatic nitrogens is 2. The van der Waals surface area contributed by atoms with Gasteiger partial charge in [0.25, 0.3) is 5.91 Å². The highest BCUT2D eigenvalue weighted by Crippen LogP contribution is 2.32. The van der Waals surface area contributed by atoms with Crippen molar-refractivity contribution >= 4 is 11.9 Å². The first-order chi connectivity index (χ1) is 11.7. The highest BCUT2D eigenvalue weighted by atomic mass is 16.7. The van der Waals surface area contributed by atoms with Crippen LogP contribution in [0.3, 0.4) is 0 Å². The molecule has 24 heavy (non-hydrogen) atoms. The van der Waals surface area contributed by atoms with E-state index in [1.54, 1.807) is 12.4 Å². The van der Waals surface area contributed by atoms with Crippen LogP contribution in [0.15, 0.2) is 30.6 Å². The Bertz CT molecular complexity index is 714. The highest BCUT2D eigenvalue weighted by Gasteiger charge is 2.14. The summed E-state index contributed by atoms with van der Waals surface area (Å²) in [7, 11) is 0. The zero-order valence-corrected chi connectivity index (χ0v) is 13.8. The number of carbonyl (C=O) groups is 1. The van der Waals surface area contributed by atoms with Gasteiger partial charge in [-0.3, -0.25) is 4.79 Å². The summed E-state index contributed by atoms with van der Waals surface area (Å²) in [6.45, 7) is 6.37. The molecule has 0 saturated heterocycles. The van der Waals surface area contributed by atoms with Gasteiger partial charge in [-0.2, -0.15) is 0 Å². The van der Waals surface area contributed by atoms with E-state index in [1.807, 2.05) is 36.9 Å². The van der Waals surface area contributed by atoms with Crippen molar-refractivity contribution in [3.8, 4) is 11.5 Å². The number of benzene rings is 1. The number of nitrogens with one attached hydrogen (secondary N) is 1. The lowest BCUT2D eigenvalue weighted by Gasteiger charge is -2.18. The molecule has 1 aliphatic rings. The van der Waals surface area contributed by atoms with Crippen LogP contribution in [0.1, 0.15) is 29.8 Å². The standard InChI is InChI=1S/C17H20N4O3/c1-3-21(4-2)17-19-9-13(10-20-17)16(22)18-8-12-5-6-14-15(7-12)24-11-23-14/h5-7,9-10H,3-4,8,11H2,1-2H3,(H,18,22). The van der Waals surface area contributed by atoms with Crippen LogP contribution in [0.25, 0.3) is 0 Å². The molecule has 0 atom stereocenters. The molecular formula is C17H20N4O3. The lowest BCUT2D eigenvalue weighted by atomic mass is 10.2. The Morgan fingerprint density at radius 3 is 2.58 bits per heavy atom. The molecule has 126 valence electrons. The predicted octanol–water partition coefficient (Wildman–Crippen LogP) is 1.98. The largest absolute Gasteiger partial charge is 0.454 e. The van der Waals surface area contributed by atoms with Crippen LogP contribution in [0, 0.1) is 0 Å². The van der Waals surface area contributed by atoms with Crippen molar-refractivity contribution in [2.24, 2.45) is 0 Å². The van der Waals surface area contributed by atoms with Crippen LogP contribution >= 0.6 is 0 Å². The maximum atomic E-state index is 12.2. The molecule has 1 aromatic carbocycles. The Morgan fingerprint density at radius 2 is 1.88 bits per heavy atom. The van der Waals surface area contributed by atoms with E-state index in [0.717, 1.165) is 24.4 Å². The summed E-state index contributed by atoms with van der Waals surface area (Å²) in [6, 6.07) is 5.60. The molecule has 2 heterocycles. The third-order valence-corrected chi connectivity index (χ3v) is 3.84.